The molecular weight excluding hydrogens is 277 g/mol. The molecule has 2 unspecified atom stereocenters. The molecule has 0 bridgehead atoms. The van der Waals surface area contributed by atoms with Gasteiger partial charge in [-0.25, -0.2) is 4.39 Å². The van der Waals surface area contributed by atoms with E-state index < -0.39 is 6.10 Å². The van der Waals surface area contributed by atoms with Gasteiger partial charge in [0.15, 0.2) is 0 Å². The fourth-order valence-corrected chi connectivity index (χ4v) is 3.52. The second-order valence-corrected chi connectivity index (χ2v) is 6.43. The molecule has 2 rings (SSSR count). The second-order valence-electron chi connectivity index (χ2n) is 6.02. The van der Waals surface area contributed by atoms with Gasteiger partial charge in [0.25, 0.3) is 0 Å². The van der Waals surface area contributed by atoms with Crippen LogP contribution in [0, 0.1) is 17.7 Å². The van der Waals surface area contributed by atoms with Crippen molar-refractivity contribution >= 4 is 11.6 Å². The highest BCUT2D eigenvalue weighted by Crippen LogP contribution is 2.37. The number of aliphatic hydroxyl groups is 1. The number of hydrogen-bond donors (Lipinski definition) is 2. The lowest BCUT2D eigenvalue weighted by Crippen LogP contribution is -2.34. The molecule has 1 aliphatic rings. The van der Waals surface area contributed by atoms with Crippen molar-refractivity contribution in [2.75, 3.05) is 6.54 Å². The molecule has 0 heterocycles. The van der Waals surface area contributed by atoms with E-state index in [4.69, 9.17) is 17.3 Å². The molecule has 3 N–H and O–H groups in total. The first-order chi connectivity index (χ1) is 9.52. The molecular formula is C16H23ClFNO. The number of hydrogen-bond acceptors (Lipinski definition) is 2. The molecule has 1 fully saturated rings. The smallest absolute Gasteiger partial charge is 0.124 e. The van der Waals surface area contributed by atoms with Crippen molar-refractivity contribution in [3.63, 3.8) is 0 Å². The van der Waals surface area contributed by atoms with Crippen LogP contribution in [0.2, 0.25) is 5.02 Å². The molecule has 112 valence electrons. The normalized spacial score (nSPS) is 26.2. The number of rotatable bonds is 4. The van der Waals surface area contributed by atoms with Crippen LogP contribution in [0.3, 0.4) is 0 Å². The van der Waals surface area contributed by atoms with Gasteiger partial charge in [-0.2, -0.15) is 0 Å². The van der Waals surface area contributed by atoms with Crippen LogP contribution in [0.1, 0.15) is 44.1 Å². The Morgan fingerprint density at radius 2 is 2.00 bits per heavy atom. The van der Waals surface area contributed by atoms with E-state index in [0.717, 1.165) is 37.2 Å². The highest BCUT2D eigenvalue weighted by Gasteiger charge is 2.31. The number of benzene rings is 1. The van der Waals surface area contributed by atoms with Crippen molar-refractivity contribution in [3.05, 3.63) is 34.6 Å². The van der Waals surface area contributed by atoms with Crippen LogP contribution in [-0.2, 0) is 0 Å². The SMILES string of the molecule is CC1CCC(C(O)C(CN)c2ccc(F)cc2Cl)CC1. The van der Waals surface area contributed by atoms with E-state index >= 15 is 0 Å². The molecule has 0 radical (unpaired) electrons. The van der Waals surface area contributed by atoms with Gasteiger partial charge in [0, 0.05) is 17.5 Å². The van der Waals surface area contributed by atoms with Crippen molar-refractivity contribution in [2.24, 2.45) is 17.6 Å². The van der Waals surface area contributed by atoms with Crippen molar-refractivity contribution in [3.8, 4) is 0 Å². The van der Waals surface area contributed by atoms with Gasteiger partial charge in [0.2, 0.25) is 0 Å². The summed E-state index contributed by atoms with van der Waals surface area (Å²) >= 11 is 6.10. The zero-order valence-corrected chi connectivity index (χ0v) is 12.6. The highest BCUT2D eigenvalue weighted by molar-refractivity contribution is 6.31. The third-order valence-electron chi connectivity index (χ3n) is 4.57. The molecule has 20 heavy (non-hydrogen) atoms. The van der Waals surface area contributed by atoms with Gasteiger partial charge in [-0.1, -0.05) is 37.4 Å². The van der Waals surface area contributed by atoms with Gasteiger partial charge in [-0.05, 0) is 42.4 Å². The van der Waals surface area contributed by atoms with Crippen LogP contribution in [0.15, 0.2) is 18.2 Å². The minimum Gasteiger partial charge on any atom is -0.392 e. The Labute approximate surface area is 125 Å². The van der Waals surface area contributed by atoms with Crippen LogP contribution >= 0.6 is 11.6 Å². The van der Waals surface area contributed by atoms with Gasteiger partial charge in [0.1, 0.15) is 5.82 Å². The van der Waals surface area contributed by atoms with Gasteiger partial charge in [0.05, 0.1) is 6.10 Å². The summed E-state index contributed by atoms with van der Waals surface area (Å²) in [5, 5.41) is 11.0. The van der Waals surface area contributed by atoms with Crippen molar-refractivity contribution in [1.29, 1.82) is 0 Å². The molecule has 0 spiro atoms. The Balaban J connectivity index is 2.14. The summed E-state index contributed by atoms with van der Waals surface area (Å²) in [6.45, 7) is 2.57. The first kappa shape index (κ1) is 15.7. The second kappa shape index (κ2) is 6.88. The van der Waals surface area contributed by atoms with E-state index in [1.807, 2.05) is 0 Å². The Kier molecular flexibility index (Phi) is 5.42. The lowest BCUT2D eigenvalue weighted by Gasteiger charge is -2.34. The van der Waals surface area contributed by atoms with Gasteiger partial charge < -0.3 is 10.8 Å². The number of halogens is 2. The lowest BCUT2D eigenvalue weighted by molar-refractivity contribution is 0.0548. The molecule has 1 aromatic carbocycles. The molecule has 0 aliphatic heterocycles. The van der Waals surface area contributed by atoms with Crippen LogP contribution in [0.4, 0.5) is 4.39 Å². The maximum absolute atomic E-state index is 13.1. The summed E-state index contributed by atoms with van der Waals surface area (Å²) in [5.41, 5.74) is 6.59. The average Bonchev–Trinajstić information content (AvgIpc) is 2.42. The zero-order chi connectivity index (χ0) is 14.7. The van der Waals surface area contributed by atoms with Crippen LogP contribution in [0.5, 0.6) is 0 Å². The van der Waals surface area contributed by atoms with Crippen molar-refractivity contribution < 1.29 is 9.50 Å². The fourth-order valence-electron chi connectivity index (χ4n) is 3.21. The molecule has 1 saturated carbocycles. The standard InChI is InChI=1S/C16H23ClFNO/c1-10-2-4-11(5-3-10)16(20)14(9-19)13-7-6-12(18)8-15(13)17/h6-8,10-11,14,16,20H,2-5,9,19H2,1H3. The number of nitrogens with two attached hydrogens (primary N) is 1. The summed E-state index contributed by atoms with van der Waals surface area (Å²) < 4.78 is 13.1. The topological polar surface area (TPSA) is 46.2 Å². The first-order valence-corrected chi connectivity index (χ1v) is 7.73. The predicted octanol–water partition coefficient (Wildman–Crippen LogP) is 3.71. The van der Waals surface area contributed by atoms with E-state index in [-0.39, 0.29) is 17.7 Å². The molecule has 0 aromatic heterocycles. The molecule has 4 heteroatoms. The van der Waals surface area contributed by atoms with Crippen molar-refractivity contribution in [2.45, 2.75) is 44.6 Å². The maximum Gasteiger partial charge on any atom is 0.124 e. The van der Waals surface area contributed by atoms with E-state index in [1.165, 1.54) is 12.1 Å². The van der Waals surface area contributed by atoms with E-state index in [1.54, 1.807) is 6.07 Å². The molecule has 0 amide bonds. The number of aliphatic hydroxyl groups excluding tert-OH is 1. The van der Waals surface area contributed by atoms with E-state index in [0.29, 0.717) is 11.6 Å². The summed E-state index contributed by atoms with van der Waals surface area (Å²) in [6, 6.07) is 4.30. The quantitative estimate of drug-likeness (QED) is 0.890. The van der Waals surface area contributed by atoms with Crippen molar-refractivity contribution in [1.82, 2.24) is 0 Å². The lowest BCUT2D eigenvalue weighted by atomic mass is 9.75. The predicted molar refractivity (Wildman–Crippen MR) is 80.3 cm³/mol. The van der Waals surface area contributed by atoms with E-state index in [9.17, 15) is 9.50 Å². The highest BCUT2D eigenvalue weighted by atomic mass is 35.5. The summed E-state index contributed by atoms with van der Waals surface area (Å²) in [7, 11) is 0. The molecule has 0 saturated heterocycles. The molecule has 1 aromatic rings. The minimum atomic E-state index is -0.504. The summed E-state index contributed by atoms with van der Waals surface area (Å²) in [4.78, 5) is 0. The maximum atomic E-state index is 13.1. The largest absolute Gasteiger partial charge is 0.392 e. The average molecular weight is 300 g/mol. The Hall–Kier alpha value is -0.640. The monoisotopic (exact) mass is 299 g/mol. The van der Waals surface area contributed by atoms with Crippen LogP contribution in [0.25, 0.3) is 0 Å². The minimum absolute atomic E-state index is 0.221. The van der Waals surface area contributed by atoms with E-state index in [2.05, 4.69) is 6.92 Å². The third kappa shape index (κ3) is 3.51. The summed E-state index contributed by atoms with van der Waals surface area (Å²) in [6.07, 6.45) is 3.84. The third-order valence-corrected chi connectivity index (χ3v) is 4.90. The van der Waals surface area contributed by atoms with Gasteiger partial charge >= 0.3 is 0 Å². The Bertz CT molecular complexity index is 446. The van der Waals surface area contributed by atoms with Crippen LogP contribution < -0.4 is 5.73 Å². The van der Waals surface area contributed by atoms with Gasteiger partial charge in [-0.15, -0.1) is 0 Å². The van der Waals surface area contributed by atoms with Gasteiger partial charge in [-0.3, -0.25) is 0 Å². The fraction of sp³-hybridized carbons (Fsp3) is 0.625. The molecule has 1 aliphatic carbocycles. The first-order valence-electron chi connectivity index (χ1n) is 7.36. The Morgan fingerprint density at radius 3 is 2.55 bits per heavy atom. The van der Waals surface area contributed by atoms with Crippen LogP contribution in [-0.4, -0.2) is 17.8 Å². The molecule has 2 nitrogen and oxygen atoms in total. The zero-order valence-electron chi connectivity index (χ0n) is 11.9. The Morgan fingerprint density at radius 1 is 1.35 bits per heavy atom. The molecule has 2 atom stereocenters. The summed E-state index contributed by atoms with van der Waals surface area (Å²) in [5.74, 6) is 0.419.